The minimum absolute atomic E-state index is 0.0470. The highest BCUT2D eigenvalue weighted by Gasteiger charge is 2.14. The summed E-state index contributed by atoms with van der Waals surface area (Å²) in [6.45, 7) is 2.41. The molecule has 0 aliphatic heterocycles. The van der Waals surface area contributed by atoms with E-state index >= 15 is 0 Å². The molecule has 0 saturated carbocycles. The Hall–Kier alpha value is -1.99. The lowest BCUT2D eigenvalue weighted by atomic mass is 10.3. The van der Waals surface area contributed by atoms with Gasteiger partial charge in [0.25, 0.3) is 0 Å². The van der Waals surface area contributed by atoms with Crippen LogP contribution in [-0.2, 0) is 0 Å². The summed E-state index contributed by atoms with van der Waals surface area (Å²) in [7, 11) is 0. The first-order chi connectivity index (χ1) is 10.2. The SMILES string of the molecule is Cc1nn(-c2ccc(Br)cc2)c2ncnc(NCCO)c12. The maximum atomic E-state index is 8.95. The van der Waals surface area contributed by atoms with Gasteiger partial charge in [-0.05, 0) is 31.2 Å². The molecule has 2 heterocycles. The standard InChI is InChI=1S/C14H14BrN5O/c1-9-12-13(16-6-7-21)17-8-18-14(12)20(19-9)11-4-2-10(15)3-5-11/h2-5,8,21H,6-7H2,1H3,(H,16,17,18). The number of hydrogen-bond acceptors (Lipinski definition) is 5. The molecule has 0 aliphatic carbocycles. The average Bonchev–Trinajstić information content (AvgIpc) is 2.84. The molecule has 0 bridgehead atoms. The Balaban J connectivity index is 2.15. The number of rotatable bonds is 4. The van der Waals surface area contributed by atoms with Crippen molar-refractivity contribution in [2.75, 3.05) is 18.5 Å². The molecule has 0 amide bonds. The summed E-state index contributed by atoms with van der Waals surface area (Å²) in [6.07, 6.45) is 1.50. The first kappa shape index (κ1) is 14.0. The highest BCUT2D eigenvalue weighted by Crippen LogP contribution is 2.25. The van der Waals surface area contributed by atoms with Crippen LogP contribution in [-0.4, -0.2) is 38.0 Å². The van der Waals surface area contributed by atoms with Crippen LogP contribution in [0.5, 0.6) is 0 Å². The number of fused-ring (bicyclic) bond motifs is 1. The van der Waals surface area contributed by atoms with Crippen LogP contribution in [0.25, 0.3) is 16.7 Å². The van der Waals surface area contributed by atoms with Gasteiger partial charge in [-0.3, -0.25) is 0 Å². The van der Waals surface area contributed by atoms with Crippen molar-refractivity contribution in [3.8, 4) is 5.69 Å². The first-order valence-electron chi connectivity index (χ1n) is 6.51. The maximum Gasteiger partial charge on any atom is 0.168 e. The number of benzene rings is 1. The largest absolute Gasteiger partial charge is 0.395 e. The third kappa shape index (κ3) is 2.62. The monoisotopic (exact) mass is 347 g/mol. The predicted molar refractivity (Wildman–Crippen MR) is 84.7 cm³/mol. The van der Waals surface area contributed by atoms with E-state index < -0.39 is 0 Å². The number of aliphatic hydroxyl groups is 1. The van der Waals surface area contributed by atoms with Crippen molar-refractivity contribution in [2.24, 2.45) is 0 Å². The topological polar surface area (TPSA) is 75.9 Å². The molecule has 7 heteroatoms. The molecule has 21 heavy (non-hydrogen) atoms. The van der Waals surface area contributed by atoms with Crippen molar-refractivity contribution < 1.29 is 5.11 Å². The molecule has 0 atom stereocenters. The summed E-state index contributed by atoms with van der Waals surface area (Å²) in [5, 5.41) is 17.5. The molecule has 6 nitrogen and oxygen atoms in total. The summed E-state index contributed by atoms with van der Waals surface area (Å²) in [5.74, 6) is 0.690. The summed E-state index contributed by atoms with van der Waals surface area (Å²) in [4.78, 5) is 8.58. The quantitative estimate of drug-likeness (QED) is 0.757. The zero-order valence-electron chi connectivity index (χ0n) is 11.4. The van der Waals surface area contributed by atoms with Gasteiger partial charge in [0.05, 0.1) is 23.4 Å². The third-order valence-electron chi connectivity index (χ3n) is 3.12. The molecular formula is C14H14BrN5O. The van der Waals surface area contributed by atoms with E-state index in [1.54, 1.807) is 4.68 Å². The molecule has 0 unspecified atom stereocenters. The van der Waals surface area contributed by atoms with Gasteiger partial charge in [0.15, 0.2) is 5.65 Å². The lowest BCUT2D eigenvalue weighted by Crippen LogP contribution is -2.07. The van der Waals surface area contributed by atoms with E-state index in [9.17, 15) is 0 Å². The fourth-order valence-electron chi connectivity index (χ4n) is 2.19. The van der Waals surface area contributed by atoms with Crippen LogP contribution >= 0.6 is 15.9 Å². The molecular weight excluding hydrogens is 334 g/mol. The van der Waals surface area contributed by atoms with Gasteiger partial charge in [-0.2, -0.15) is 5.10 Å². The van der Waals surface area contributed by atoms with Gasteiger partial charge in [0, 0.05) is 11.0 Å². The molecule has 3 rings (SSSR count). The number of anilines is 1. The van der Waals surface area contributed by atoms with E-state index in [2.05, 4.69) is 36.3 Å². The van der Waals surface area contributed by atoms with E-state index in [-0.39, 0.29) is 6.61 Å². The zero-order chi connectivity index (χ0) is 14.8. The molecule has 108 valence electrons. The van der Waals surface area contributed by atoms with Crippen LogP contribution in [0.1, 0.15) is 5.69 Å². The smallest absolute Gasteiger partial charge is 0.168 e. The molecule has 0 radical (unpaired) electrons. The fraction of sp³-hybridized carbons (Fsp3) is 0.214. The van der Waals surface area contributed by atoms with Crippen molar-refractivity contribution in [2.45, 2.75) is 6.92 Å². The van der Waals surface area contributed by atoms with Gasteiger partial charge >= 0.3 is 0 Å². The Labute approximate surface area is 130 Å². The molecule has 0 fully saturated rings. The molecule has 0 saturated heterocycles. The highest BCUT2D eigenvalue weighted by atomic mass is 79.9. The van der Waals surface area contributed by atoms with Crippen LogP contribution in [0.4, 0.5) is 5.82 Å². The van der Waals surface area contributed by atoms with Crippen LogP contribution < -0.4 is 5.32 Å². The maximum absolute atomic E-state index is 8.95. The van der Waals surface area contributed by atoms with E-state index in [1.165, 1.54) is 6.33 Å². The molecule has 0 aliphatic rings. The van der Waals surface area contributed by atoms with E-state index in [4.69, 9.17) is 5.11 Å². The van der Waals surface area contributed by atoms with Gasteiger partial charge in [-0.25, -0.2) is 14.6 Å². The van der Waals surface area contributed by atoms with Crippen LogP contribution in [0.3, 0.4) is 0 Å². The second-order valence-electron chi connectivity index (χ2n) is 4.54. The lowest BCUT2D eigenvalue weighted by Gasteiger charge is -2.05. The minimum Gasteiger partial charge on any atom is -0.395 e. The van der Waals surface area contributed by atoms with Crippen LogP contribution in [0, 0.1) is 6.92 Å². The van der Waals surface area contributed by atoms with Crippen LogP contribution in [0.15, 0.2) is 35.1 Å². The minimum atomic E-state index is 0.0470. The van der Waals surface area contributed by atoms with Gasteiger partial charge in [0.2, 0.25) is 0 Å². The number of nitrogens with zero attached hydrogens (tertiary/aromatic N) is 4. The number of aromatic nitrogens is 4. The molecule has 2 N–H and O–H groups in total. The number of aliphatic hydroxyl groups excluding tert-OH is 1. The van der Waals surface area contributed by atoms with Crippen molar-refractivity contribution in [3.05, 3.63) is 40.8 Å². The molecule has 2 aromatic heterocycles. The number of nitrogens with one attached hydrogen (secondary N) is 1. The summed E-state index contributed by atoms with van der Waals surface area (Å²) in [6, 6.07) is 7.87. The Kier molecular flexibility index (Phi) is 3.85. The fourth-order valence-corrected chi connectivity index (χ4v) is 2.45. The van der Waals surface area contributed by atoms with E-state index in [0.717, 1.165) is 26.9 Å². The Morgan fingerprint density at radius 2 is 2.00 bits per heavy atom. The van der Waals surface area contributed by atoms with Crippen molar-refractivity contribution in [1.29, 1.82) is 0 Å². The molecule has 3 aromatic rings. The lowest BCUT2D eigenvalue weighted by molar-refractivity contribution is 0.311. The van der Waals surface area contributed by atoms with Gasteiger partial charge in [-0.1, -0.05) is 15.9 Å². The summed E-state index contributed by atoms with van der Waals surface area (Å²) in [5.41, 5.74) is 2.52. The summed E-state index contributed by atoms with van der Waals surface area (Å²) >= 11 is 3.42. The summed E-state index contributed by atoms with van der Waals surface area (Å²) < 4.78 is 2.81. The predicted octanol–water partition coefficient (Wildman–Crippen LogP) is 2.29. The second kappa shape index (κ2) is 5.79. The zero-order valence-corrected chi connectivity index (χ0v) is 13.0. The number of hydrogen-bond donors (Lipinski definition) is 2. The Morgan fingerprint density at radius 3 is 2.71 bits per heavy atom. The highest BCUT2D eigenvalue weighted by molar-refractivity contribution is 9.10. The first-order valence-corrected chi connectivity index (χ1v) is 7.31. The Bertz CT molecular complexity index is 769. The van der Waals surface area contributed by atoms with Crippen molar-refractivity contribution in [3.63, 3.8) is 0 Å². The number of aryl methyl sites for hydroxylation is 1. The average molecular weight is 348 g/mol. The van der Waals surface area contributed by atoms with Gasteiger partial charge < -0.3 is 10.4 Å². The Morgan fingerprint density at radius 1 is 1.24 bits per heavy atom. The third-order valence-corrected chi connectivity index (χ3v) is 3.64. The van der Waals surface area contributed by atoms with Gasteiger partial charge in [0.1, 0.15) is 12.1 Å². The molecule has 0 spiro atoms. The normalized spacial score (nSPS) is 11.0. The van der Waals surface area contributed by atoms with Crippen LogP contribution in [0.2, 0.25) is 0 Å². The second-order valence-corrected chi connectivity index (χ2v) is 5.46. The van der Waals surface area contributed by atoms with E-state index in [0.29, 0.717) is 12.4 Å². The van der Waals surface area contributed by atoms with E-state index in [1.807, 2.05) is 31.2 Å². The van der Waals surface area contributed by atoms with Gasteiger partial charge in [-0.15, -0.1) is 0 Å². The van der Waals surface area contributed by atoms with Crippen molar-refractivity contribution in [1.82, 2.24) is 19.7 Å². The molecule has 1 aromatic carbocycles. The number of halogens is 1. The van der Waals surface area contributed by atoms with Crippen molar-refractivity contribution >= 4 is 32.8 Å².